The summed E-state index contributed by atoms with van der Waals surface area (Å²) in [5.41, 5.74) is 0.897. The van der Waals surface area contributed by atoms with Crippen LogP contribution in [0, 0.1) is 0 Å². The average Bonchev–Trinajstić information content (AvgIpc) is 2.47. The summed E-state index contributed by atoms with van der Waals surface area (Å²) in [7, 11) is -1.46. The summed E-state index contributed by atoms with van der Waals surface area (Å²) in [6, 6.07) is 7.57. The normalized spacial score (nSPS) is 21.5. The van der Waals surface area contributed by atoms with Crippen molar-refractivity contribution in [3.8, 4) is 0 Å². The summed E-state index contributed by atoms with van der Waals surface area (Å²) in [5.74, 6) is 0. The zero-order valence-corrected chi connectivity index (χ0v) is 12.4. The molecule has 0 aliphatic carbocycles. The van der Waals surface area contributed by atoms with Crippen molar-refractivity contribution < 1.29 is 8.42 Å². The molecule has 1 aliphatic rings. The number of hydrogen-bond donors (Lipinski definition) is 1. The molecule has 2 rings (SSSR count). The first-order valence-corrected chi connectivity index (χ1v) is 8.29. The van der Waals surface area contributed by atoms with E-state index in [0.717, 1.165) is 24.8 Å². The second-order valence-electron chi connectivity index (χ2n) is 4.95. The van der Waals surface area contributed by atoms with Crippen molar-refractivity contribution in [2.75, 3.05) is 20.1 Å². The Hall–Kier alpha value is -0.910. The fourth-order valence-electron chi connectivity index (χ4n) is 2.58. The highest BCUT2D eigenvalue weighted by Gasteiger charge is 2.30. The van der Waals surface area contributed by atoms with Crippen LogP contribution < -0.4 is 5.32 Å². The molecule has 1 fully saturated rings. The molecule has 0 spiro atoms. The van der Waals surface area contributed by atoms with Gasteiger partial charge in [-0.05, 0) is 37.9 Å². The van der Waals surface area contributed by atoms with Crippen molar-refractivity contribution in [3.63, 3.8) is 0 Å². The van der Waals surface area contributed by atoms with E-state index < -0.39 is 10.0 Å². The van der Waals surface area contributed by atoms with Crippen molar-refractivity contribution in [3.05, 3.63) is 29.8 Å². The van der Waals surface area contributed by atoms with Crippen molar-refractivity contribution >= 4 is 10.0 Å². The summed E-state index contributed by atoms with van der Waals surface area (Å²) in [6.07, 6.45) is 2.69. The first-order valence-electron chi connectivity index (χ1n) is 6.85. The molecule has 1 aromatic carbocycles. The van der Waals surface area contributed by atoms with Crippen LogP contribution in [0.5, 0.6) is 0 Å². The van der Waals surface area contributed by atoms with E-state index in [4.69, 9.17) is 0 Å². The number of nitrogens with one attached hydrogen (secondary N) is 1. The molecular formula is C14H22N2O2S. The first-order chi connectivity index (χ1) is 9.09. The number of likely N-dealkylation sites (N-methyl/N-ethyl adjacent to an activating group) is 1. The van der Waals surface area contributed by atoms with Crippen LogP contribution in [0.2, 0.25) is 0 Å². The lowest BCUT2D eigenvalue weighted by molar-refractivity contribution is 0.292. The smallest absolute Gasteiger partial charge is 0.243 e. The molecule has 0 radical (unpaired) electrons. The van der Waals surface area contributed by atoms with Gasteiger partial charge in [-0.2, -0.15) is 4.31 Å². The Bertz CT molecular complexity index is 528. The fraction of sp³-hybridized carbons (Fsp3) is 0.571. The predicted molar refractivity (Wildman–Crippen MR) is 76.7 cm³/mol. The van der Waals surface area contributed by atoms with Crippen LogP contribution >= 0.6 is 0 Å². The third-order valence-corrected chi connectivity index (χ3v) is 5.73. The Morgan fingerprint density at radius 1 is 1.37 bits per heavy atom. The fourth-order valence-corrected chi connectivity index (χ4v) is 4.40. The maximum atomic E-state index is 12.7. The van der Waals surface area contributed by atoms with Gasteiger partial charge in [-0.1, -0.05) is 25.1 Å². The van der Waals surface area contributed by atoms with Crippen LogP contribution in [-0.4, -0.2) is 38.9 Å². The number of aryl methyl sites for hydroxylation is 1. The molecule has 1 atom stereocenters. The van der Waals surface area contributed by atoms with E-state index in [1.165, 1.54) is 0 Å². The molecular weight excluding hydrogens is 260 g/mol. The topological polar surface area (TPSA) is 49.4 Å². The number of nitrogens with zero attached hydrogens (tertiary/aromatic N) is 1. The minimum absolute atomic E-state index is 0.261. The Morgan fingerprint density at radius 2 is 2.11 bits per heavy atom. The van der Waals surface area contributed by atoms with E-state index in [-0.39, 0.29) is 6.04 Å². The molecule has 1 N–H and O–H groups in total. The molecule has 0 saturated carbocycles. The van der Waals surface area contributed by atoms with Crippen molar-refractivity contribution in [2.45, 2.75) is 37.1 Å². The molecule has 1 unspecified atom stereocenters. The minimum Gasteiger partial charge on any atom is -0.316 e. The summed E-state index contributed by atoms with van der Waals surface area (Å²) in [4.78, 5) is 0.467. The third kappa shape index (κ3) is 2.99. The molecule has 0 bridgehead atoms. The van der Waals surface area contributed by atoms with Crippen LogP contribution in [0.25, 0.3) is 0 Å². The van der Waals surface area contributed by atoms with Crippen molar-refractivity contribution in [1.82, 2.24) is 9.62 Å². The van der Waals surface area contributed by atoms with E-state index >= 15 is 0 Å². The number of benzene rings is 1. The Labute approximate surface area is 115 Å². The molecule has 4 nitrogen and oxygen atoms in total. The van der Waals surface area contributed by atoms with Gasteiger partial charge in [0, 0.05) is 19.1 Å². The van der Waals surface area contributed by atoms with Gasteiger partial charge in [0.25, 0.3) is 0 Å². The van der Waals surface area contributed by atoms with Gasteiger partial charge in [0.05, 0.1) is 4.90 Å². The van der Waals surface area contributed by atoms with Gasteiger partial charge in [0.1, 0.15) is 0 Å². The maximum absolute atomic E-state index is 12.7. The Kier molecular flexibility index (Phi) is 4.60. The Balaban J connectivity index is 2.31. The van der Waals surface area contributed by atoms with Crippen molar-refractivity contribution in [1.29, 1.82) is 0 Å². The highest BCUT2D eigenvalue weighted by atomic mass is 32.2. The monoisotopic (exact) mass is 282 g/mol. The van der Waals surface area contributed by atoms with Gasteiger partial charge in [0.15, 0.2) is 0 Å². The SMILES string of the molecule is CCc1ccccc1S(=O)(=O)N1CCCC(NC)C1. The quantitative estimate of drug-likeness (QED) is 0.913. The van der Waals surface area contributed by atoms with Crippen LogP contribution in [-0.2, 0) is 16.4 Å². The number of piperidine rings is 1. The van der Waals surface area contributed by atoms with Gasteiger partial charge < -0.3 is 5.32 Å². The lowest BCUT2D eigenvalue weighted by Crippen LogP contribution is -2.47. The summed E-state index contributed by atoms with van der Waals surface area (Å²) < 4.78 is 27.1. The minimum atomic E-state index is -3.35. The third-order valence-electron chi connectivity index (χ3n) is 3.76. The van der Waals surface area contributed by atoms with E-state index in [9.17, 15) is 8.42 Å². The predicted octanol–water partition coefficient (Wildman–Crippen LogP) is 1.62. The zero-order valence-electron chi connectivity index (χ0n) is 11.6. The van der Waals surface area contributed by atoms with Gasteiger partial charge >= 0.3 is 0 Å². The maximum Gasteiger partial charge on any atom is 0.243 e. The molecule has 0 aromatic heterocycles. The van der Waals surface area contributed by atoms with Gasteiger partial charge in [-0.3, -0.25) is 0 Å². The van der Waals surface area contributed by atoms with Crippen molar-refractivity contribution in [2.24, 2.45) is 0 Å². The van der Waals surface area contributed by atoms with E-state index in [1.54, 1.807) is 16.4 Å². The number of hydrogen-bond acceptors (Lipinski definition) is 3. The molecule has 5 heteroatoms. The van der Waals surface area contributed by atoms with Gasteiger partial charge in [-0.15, -0.1) is 0 Å². The molecule has 1 aliphatic heterocycles. The molecule has 1 aromatic rings. The van der Waals surface area contributed by atoms with Gasteiger partial charge in [-0.25, -0.2) is 8.42 Å². The average molecular weight is 282 g/mol. The van der Waals surface area contributed by atoms with E-state index in [0.29, 0.717) is 18.0 Å². The summed E-state index contributed by atoms with van der Waals surface area (Å²) in [5, 5.41) is 3.18. The summed E-state index contributed by atoms with van der Waals surface area (Å²) >= 11 is 0. The molecule has 0 amide bonds. The first kappa shape index (κ1) is 14.5. The summed E-state index contributed by atoms with van der Waals surface area (Å²) in [6.45, 7) is 3.18. The lowest BCUT2D eigenvalue weighted by Gasteiger charge is -2.32. The molecule has 19 heavy (non-hydrogen) atoms. The largest absolute Gasteiger partial charge is 0.316 e. The molecule has 106 valence electrons. The second kappa shape index (κ2) is 6.03. The molecule has 1 heterocycles. The molecule has 1 saturated heterocycles. The van der Waals surface area contributed by atoms with E-state index in [1.807, 2.05) is 26.1 Å². The van der Waals surface area contributed by atoms with E-state index in [2.05, 4.69) is 5.32 Å². The van der Waals surface area contributed by atoms with Crippen LogP contribution in [0.15, 0.2) is 29.2 Å². The Morgan fingerprint density at radius 3 is 2.79 bits per heavy atom. The highest BCUT2D eigenvalue weighted by molar-refractivity contribution is 7.89. The zero-order chi connectivity index (χ0) is 13.9. The lowest BCUT2D eigenvalue weighted by atomic mass is 10.1. The van der Waals surface area contributed by atoms with Crippen LogP contribution in [0.1, 0.15) is 25.3 Å². The highest BCUT2D eigenvalue weighted by Crippen LogP contribution is 2.23. The van der Waals surface area contributed by atoms with Crippen LogP contribution in [0.3, 0.4) is 0 Å². The standard InChI is InChI=1S/C14H22N2O2S/c1-3-12-7-4-5-9-14(12)19(17,18)16-10-6-8-13(11-16)15-2/h4-5,7,9,13,15H,3,6,8,10-11H2,1-2H3. The number of sulfonamides is 1. The second-order valence-corrected chi connectivity index (χ2v) is 6.86. The number of rotatable bonds is 4. The van der Waals surface area contributed by atoms with Gasteiger partial charge in [0.2, 0.25) is 10.0 Å². The van der Waals surface area contributed by atoms with Crippen LogP contribution in [0.4, 0.5) is 0 Å².